The number of rotatable bonds is 5. The van der Waals surface area contributed by atoms with Crippen LogP contribution in [-0.2, 0) is 21.7 Å². The molecule has 1 aromatic rings. The molecular formula is C15H9F8N3O3S. The summed E-state index contributed by atoms with van der Waals surface area (Å²) in [5, 5.41) is 16.4. The summed E-state index contributed by atoms with van der Waals surface area (Å²) in [6.45, 7) is 0. The van der Waals surface area contributed by atoms with Crippen molar-refractivity contribution in [3.05, 3.63) is 34.9 Å². The zero-order chi connectivity index (χ0) is 22.9. The Labute approximate surface area is 166 Å². The molecule has 1 fully saturated rings. The number of benzene rings is 1. The third-order valence-corrected chi connectivity index (χ3v) is 4.61. The van der Waals surface area contributed by atoms with Gasteiger partial charge in [-0.15, -0.1) is 5.10 Å². The molecule has 0 aliphatic carbocycles. The van der Waals surface area contributed by atoms with E-state index in [-0.39, 0.29) is 17.3 Å². The summed E-state index contributed by atoms with van der Waals surface area (Å²) in [7, 11) is 0. The largest absolute Gasteiger partial charge is 0.481 e. The highest BCUT2D eigenvalue weighted by atomic mass is 32.2. The monoisotopic (exact) mass is 463 g/mol. The van der Waals surface area contributed by atoms with Crippen molar-refractivity contribution in [3.63, 3.8) is 0 Å². The van der Waals surface area contributed by atoms with Crippen LogP contribution in [0.3, 0.4) is 0 Å². The van der Waals surface area contributed by atoms with E-state index in [1.54, 1.807) is 0 Å². The standard InChI is InChI=1S/C15H9F8N3O3S/c16-13(17,15(21,22)23)8-3-6(1-2-7(8)14(18,19)20)5-24-26-12-25-11(29)9(30-12)4-10(27)28/h1-3,5,9H,4H2,(H,27,28)(H,25,26,29). The van der Waals surface area contributed by atoms with Crippen LogP contribution in [0.25, 0.3) is 0 Å². The fourth-order valence-corrected chi connectivity index (χ4v) is 3.11. The quantitative estimate of drug-likeness (QED) is 0.395. The van der Waals surface area contributed by atoms with Gasteiger partial charge in [-0.1, -0.05) is 17.8 Å². The number of aliphatic carboxylic acids is 1. The minimum atomic E-state index is -6.27. The molecule has 2 rings (SSSR count). The number of amidine groups is 1. The molecule has 30 heavy (non-hydrogen) atoms. The van der Waals surface area contributed by atoms with Crippen molar-refractivity contribution in [3.8, 4) is 0 Å². The molecule has 0 bridgehead atoms. The number of amides is 1. The molecule has 1 unspecified atom stereocenters. The fraction of sp³-hybridized carbons (Fsp3) is 0.333. The minimum Gasteiger partial charge on any atom is -0.481 e. The summed E-state index contributed by atoms with van der Waals surface area (Å²) >= 11 is 0.676. The van der Waals surface area contributed by atoms with Gasteiger partial charge >= 0.3 is 24.2 Å². The number of carbonyl (C=O) groups is 2. The Morgan fingerprint density at radius 1 is 1.13 bits per heavy atom. The van der Waals surface area contributed by atoms with Crippen molar-refractivity contribution < 1.29 is 49.8 Å². The maximum absolute atomic E-state index is 13.6. The lowest BCUT2D eigenvalue weighted by Gasteiger charge is -2.23. The van der Waals surface area contributed by atoms with Crippen molar-refractivity contribution in [2.75, 3.05) is 0 Å². The second-order valence-electron chi connectivity index (χ2n) is 5.72. The molecule has 1 atom stereocenters. The minimum absolute atomic E-state index is 0.0202. The van der Waals surface area contributed by atoms with Crippen molar-refractivity contribution in [1.29, 1.82) is 0 Å². The number of alkyl halides is 8. The zero-order valence-corrected chi connectivity index (χ0v) is 15.0. The molecule has 1 heterocycles. The lowest BCUT2D eigenvalue weighted by atomic mass is 9.98. The van der Waals surface area contributed by atoms with Crippen LogP contribution in [0.5, 0.6) is 0 Å². The Balaban J connectivity index is 2.33. The van der Waals surface area contributed by atoms with Crippen LogP contribution in [0.1, 0.15) is 23.1 Å². The summed E-state index contributed by atoms with van der Waals surface area (Å²) in [5.74, 6) is -7.75. The summed E-state index contributed by atoms with van der Waals surface area (Å²) in [6, 6.07) is 0.641. The van der Waals surface area contributed by atoms with Crippen LogP contribution in [0.4, 0.5) is 35.1 Å². The van der Waals surface area contributed by atoms with E-state index in [4.69, 9.17) is 5.11 Å². The van der Waals surface area contributed by atoms with E-state index in [1.165, 1.54) is 0 Å². The molecule has 1 aliphatic rings. The number of hydrogen-bond donors (Lipinski definition) is 2. The average Bonchev–Trinajstić information content (AvgIpc) is 2.91. The molecule has 0 spiro atoms. The highest BCUT2D eigenvalue weighted by Gasteiger charge is 2.61. The van der Waals surface area contributed by atoms with E-state index in [0.717, 1.165) is 0 Å². The summed E-state index contributed by atoms with van der Waals surface area (Å²) < 4.78 is 104. The van der Waals surface area contributed by atoms with Crippen molar-refractivity contribution in [2.24, 2.45) is 10.2 Å². The predicted octanol–water partition coefficient (Wildman–Crippen LogP) is 3.76. The fourth-order valence-electron chi connectivity index (χ4n) is 2.19. The molecule has 0 saturated carbocycles. The molecule has 0 aromatic heterocycles. The number of carbonyl (C=O) groups excluding carboxylic acids is 1. The van der Waals surface area contributed by atoms with Gasteiger partial charge in [0.25, 0.3) is 0 Å². The van der Waals surface area contributed by atoms with Gasteiger partial charge in [0.1, 0.15) is 5.25 Å². The number of carboxylic acids is 1. The molecule has 1 saturated heterocycles. The van der Waals surface area contributed by atoms with Gasteiger partial charge in [0.15, 0.2) is 5.17 Å². The van der Waals surface area contributed by atoms with Gasteiger partial charge in [-0.2, -0.15) is 40.2 Å². The highest BCUT2D eigenvalue weighted by molar-refractivity contribution is 8.15. The number of thioether (sulfide) groups is 1. The third kappa shape index (κ3) is 5.25. The first kappa shape index (κ1) is 23.6. The second kappa shape index (κ2) is 8.20. The number of nitrogens with one attached hydrogen (secondary N) is 1. The molecule has 2 N–H and O–H groups in total. The van der Waals surface area contributed by atoms with Crippen molar-refractivity contribution >= 4 is 35.0 Å². The SMILES string of the molecule is O=C(O)CC1SC(=NN=Cc2ccc(C(F)(F)F)c(C(F)(F)C(F)(F)F)c2)NC1=O. The van der Waals surface area contributed by atoms with Crippen LogP contribution in [0.15, 0.2) is 28.4 Å². The lowest BCUT2D eigenvalue weighted by Crippen LogP contribution is -2.35. The maximum atomic E-state index is 13.6. The molecule has 0 radical (unpaired) electrons. The van der Waals surface area contributed by atoms with Gasteiger partial charge < -0.3 is 10.4 Å². The number of hydrogen-bond acceptors (Lipinski definition) is 5. The Kier molecular flexibility index (Phi) is 6.44. The maximum Gasteiger partial charge on any atom is 0.458 e. The van der Waals surface area contributed by atoms with E-state index < -0.39 is 58.5 Å². The molecule has 1 amide bonds. The third-order valence-electron chi connectivity index (χ3n) is 3.54. The highest BCUT2D eigenvalue weighted by Crippen LogP contribution is 2.48. The Morgan fingerprint density at radius 3 is 2.30 bits per heavy atom. The molecule has 164 valence electrons. The summed E-state index contributed by atoms with van der Waals surface area (Å²) in [4.78, 5) is 22.1. The Bertz CT molecular complexity index is 911. The van der Waals surface area contributed by atoms with Crippen molar-refractivity contribution in [1.82, 2.24) is 5.32 Å². The van der Waals surface area contributed by atoms with Gasteiger partial charge in [-0.25, -0.2) is 0 Å². The van der Waals surface area contributed by atoms with E-state index in [0.29, 0.717) is 24.0 Å². The lowest BCUT2D eigenvalue weighted by molar-refractivity contribution is -0.291. The van der Waals surface area contributed by atoms with Crippen LogP contribution >= 0.6 is 11.8 Å². The van der Waals surface area contributed by atoms with Crippen molar-refractivity contribution in [2.45, 2.75) is 29.9 Å². The predicted molar refractivity (Wildman–Crippen MR) is 88.2 cm³/mol. The Hall–Kier alpha value is -2.71. The Morgan fingerprint density at radius 2 is 1.77 bits per heavy atom. The van der Waals surface area contributed by atoms with E-state index in [2.05, 4.69) is 15.5 Å². The molecular weight excluding hydrogens is 454 g/mol. The molecule has 1 aliphatic heterocycles. The molecule has 6 nitrogen and oxygen atoms in total. The van der Waals surface area contributed by atoms with Gasteiger partial charge in [-0.05, 0) is 17.7 Å². The van der Waals surface area contributed by atoms with Gasteiger partial charge in [-0.3, -0.25) is 9.59 Å². The van der Waals surface area contributed by atoms with E-state index >= 15 is 0 Å². The smallest absolute Gasteiger partial charge is 0.458 e. The number of nitrogens with zero attached hydrogens (tertiary/aromatic N) is 2. The average molecular weight is 463 g/mol. The second-order valence-corrected chi connectivity index (χ2v) is 6.91. The number of halogens is 8. The van der Waals surface area contributed by atoms with Crippen LogP contribution in [-0.4, -0.2) is 39.8 Å². The first-order valence-corrected chi connectivity index (χ1v) is 8.47. The van der Waals surface area contributed by atoms with Gasteiger partial charge in [0, 0.05) is 5.56 Å². The zero-order valence-electron chi connectivity index (χ0n) is 14.2. The molecule has 15 heteroatoms. The topological polar surface area (TPSA) is 91.1 Å². The van der Waals surface area contributed by atoms with Crippen LogP contribution in [0.2, 0.25) is 0 Å². The summed E-state index contributed by atoms with van der Waals surface area (Å²) in [5.41, 5.74) is -5.02. The van der Waals surface area contributed by atoms with Gasteiger partial charge in [0.05, 0.1) is 18.2 Å². The molecule has 1 aromatic carbocycles. The van der Waals surface area contributed by atoms with Gasteiger partial charge in [0.2, 0.25) is 5.91 Å². The van der Waals surface area contributed by atoms with Crippen LogP contribution in [0, 0.1) is 0 Å². The van der Waals surface area contributed by atoms with E-state index in [1.807, 2.05) is 0 Å². The number of carboxylic acid groups (broad SMARTS) is 1. The van der Waals surface area contributed by atoms with Crippen LogP contribution < -0.4 is 5.32 Å². The normalized spacial score (nSPS) is 19.5. The first-order valence-electron chi connectivity index (χ1n) is 7.59. The summed E-state index contributed by atoms with van der Waals surface area (Å²) in [6.07, 6.45) is -11.7. The first-order chi connectivity index (χ1) is 13.6. The van der Waals surface area contributed by atoms with E-state index in [9.17, 15) is 44.7 Å².